The monoisotopic (exact) mass is 406 g/mol. The quantitative estimate of drug-likeness (QED) is 0.771. The number of fused-ring (bicyclic) bond motifs is 2. The third kappa shape index (κ3) is 3.43. The van der Waals surface area contributed by atoms with Crippen LogP contribution in [-0.4, -0.2) is 70.3 Å². The van der Waals surface area contributed by atoms with Gasteiger partial charge in [-0.2, -0.15) is 10.5 Å². The summed E-state index contributed by atoms with van der Waals surface area (Å²) in [5.41, 5.74) is 7.79. The Kier molecular flexibility index (Phi) is 5.46. The van der Waals surface area contributed by atoms with Gasteiger partial charge in [-0.15, -0.1) is 0 Å². The van der Waals surface area contributed by atoms with E-state index in [1.54, 1.807) is 17.0 Å². The Labute approximate surface area is 176 Å². The average molecular weight is 406 g/mol. The van der Waals surface area contributed by atoms with Crippen LogP contribution < -0.4 is 5.73 Å². The van der Waals surface area contributed by atoms with Crippen LogP contribution in [0.2, 0.25) is 0 Å². The topological polar surface area (TPSA) is 117 Å². The molecule has 2 N–H and O–H groups in total. The van der Waals surface area contributed by atoms with Crippen LogP contribution >= 0.6 is 0 Å². The fourth-order valence-electron chi connectivity index (χ4n) is 5.10. The van der Waals surface area contributed by atoms with Gasteiger partial charge >= 0.3 is 0 Å². The van der Waals surface area contributed by atoms with E-state index in [2.05, 4.69) is 12.1 Å². The third-order valence-electron chi connectivity index (χ3n) is 6.69. The molecule has 8 heteroatoms. The molecule has 5 atom stereocenters. The molecule has 4 unspecified atom stereocenters. The van der Waals surface area contributed by atoms with E-state index >= 15 is 0 Å². The SMILES string of the molecule is CC(c1ccc(C#N)cc1)N1C(=O)C2C[C@H]1CN2CC(N)C(=O)N1CCCC1C#N. The number of nitrogens with zero attached hydrogens (tertiary/aromatic N) is 5. The number of amides is 2. The Morgan fingerprint density at radius 3 is 2.67 bits per heavy atom. The summed E-state index contributed by atoms with van der Waals surface area (Å²) in [6, 6.07) is 10.3. The fourth-order valence-corrected chi connectivity index (χ4v) is 5.10. The summed E-state index contributed by atoms with van der Waals surface area (Å²) in [4.78, 5) is 31.3. The fraction of sp³-hybridized carbons (Fsp3) is 0.545. The highest BCUT2D eigenvalue weighted by molar-refractivity contribution is 5.87. The van der Waals surface area contributed by atoms with E-state index in [0.29, 0.717) is 31.6 Å². The van der Waals surface area contributed by atoms with Gasteiger partial charge < -0.3 is 15.5 Å². The molecule has 0 aromatic heterocycles. The second-order valence-corrected chi connectivity index (χ2v) is 8.44. The number of carbonyl (C=O) groups excluding carboxylic acids is 2. The molecule has 2 amide bonds. The van der Waals surface area contributed by atoms with Crippen LogP contribution in [0.25, 0.3) is 0 Å². The number of carbonyl (C=O) groups is 2. The molecule has 3 heterocycles. The zero-order chi connectivity index (χ0) is 21.4. The maximum atomic E-state index is 13.1. The predicted molar refractivity (Wildman–Crippen MR) is 109 cm³/mol. The molecule has 30 heavy (non-hydrogen) atoms. The third-order valence-corrected chi connectivity index (χ3v) is 6.69. The van der Waals surface area contributed by atoms with Crippen LogP contribution in [-0.2, 0) is 9.59 Å². The molecule has 3 fully saturated rings. The van der Waals surface area contributed by atoms with Crippen LogP contribution in [0.1, 0.15) is 43.4 Å². The molecule has 3 saturated heterocycles. The highest BCUT2D eigenvalue weighted by atomic mass is 16.2. The molecule has 4 rings (SSSR count). The summed E-state index contributed by atoms with van der Waals surface area (Å²) < 4.78 is 0. The lowest BCUT2D eigenvalue weighted by Gasteiger charge is -2.38. The summed E-state index contributed by atoms with van der Waals surface area (Å²) in [5, 5.41) is 18.2. The van der Waals surface area contributed by atoms with Crippen LogP contribution in [0.15, 0.2) is 24.3 Å². The lowest BCUT2D eigenvalue weighted by molar-refractivity contribution is -0.140. The number of benzene rings is 1. The summed E-state index contributed by atoms with van der Waals surface area (Å²) in [6.45, 7) is 3.61. The van der Waals surface area contributed by atoms with Crippen LogP contribution in [0.4, 0.5) is 0 Å². The van der Waals surface area contributed by atoms with E-state index in [0.717, 1.165) is 18.4 Å². The van der Waals surface area contributed by atoms with Crippen molar-refractivity contribution in [2.24, 2.45) is 5.73 Å². The first-order valence-corrected chi connectivity index (χ1v) is 10.5. The number of rotatable bonds is 5. The minimum Gasteiger partial charge on any atom is -0.330 e. The molecular formula is C22H26N6O2. The van der Waals surface area contributed by atoms with Crippen molar-refractivity contribution in [1.82, 2.24) is 14.7 Å². The van der Waals surface area contributed by atoms with E-state index in [-0.39, 0.29) is 36.0 Å². The molecule has 1 aromatic rings. The molecule has 0 aliphatic carbocycles. The van der Waals surface area contributed by atoms with Crippen molar-refractivity contribution in [2.75, 3.05) is 19.6 Å². The normalized spacial score (nSPS) is 27.7. The molecule has 1 aromatic carbocycles. The number of likely N-dealkylation sites (tertiary alicyclic amines) is 3. The number of hydrogen-bond donors (Lipinski definition) is 1. The summed E-state index contributed by atoms with van der Waals surface area (Å²) >= 11 is 0. The van der Waals surface area contributed by atoms with Gasteiger partial charge in [0.15, 0.2) is 0 Å². The van der Waals surface area contributed by atoms with Gasteiger partial charge in [0.05, 0.1) is 35.8 Å². The molecule has 3 aliphatic rings. The van der Waals surface area contributed by atoms with E-state index in [4.69, 9.17) is 11.0 Å². The van der Waals surface area contributed by atoms with E-state index in [1.165, 1.54) is 0 Å². The number of nitriles is 2. The largest absolute Gasteiger partial charge is 0.330 e. The minimum absolute atomic E-state index is 0.0684. The van der Waals surface area contributed by atoms with Gasteiger partial charge in [-0.25, -0.2) is 0 Å². The van der Waals surface area contributed by atoms with E-state index in [9.17, 15) is 14.9 Å². The standard InChI is InChI=1S/C22H26N6O2/c1-14(16-6-4-15(10-23)5-7-16)28-18-9-20(22(28)30)26(12-18)13-19(25)21(29)27-8-2-3-17(27)11-24/h4-7,14,17-20H,2-3,8-9,12-13,25H2,1H3/t14?,17?,18-,19?,20?/m0/s1. The van der Waals surface area contributed by atoms with Gasteiger partial charge in [-0.1, -0.05) is 12.1 Å². The van der Waals surface area contributed by atoms with Gasteiger partial charge in [0, 0.05) is 25.7 Å². The van der Waals surface area contributed by atoms with Crippen LogP contribution in [0, 0.1) is 22.7 Å². The predicted octanol–water partition coefficient (Wildman–Crippen LogP) is 0.746. The summed E-state index contributed by atoms with van der Waals surface area (Å²) in [5.74, 6) is -0.129. The average Bonchev–Trinajstić information content (AvgIpc) is 3.47. The lowest BCUT2D eigenvalue weighted by atomic mass is 10.0. The molecule has 0 radical (unpaired) electrons. The molecule has 0 spiro atoms. The highest BCUT2D eigenvalue weighted by Gasteiger charge is 2.51. The molecule has 3 aliphatic heterocycles. The van der Waals surface area contributed by atoms with Crippen molar-refractivity contribution in [3.63, 3.8) is 0 Å². The van der Waals surface area contributed by atoms with Crippen LogP contribution in [0.3, 0.4) is 0 Å². The van der Waals surface area contributed by atoms with Gasteiger partial charge in [0.25, 0.3) is 0 Å². The molecule has 0 saturated carbocycles. The maximum absolute atomic E-state index is 13.1. The molecule has 8 nitrogen and oxygen atoms in total. The highest BCUT2D eigenvalue weighted by Crippen LogP contribution is 2.38. The summed E-state index contributed by atoms with van der Waals surface area (Å²) in [6.07, 6.45) is 2.26. The molecule has 156 valence electrons. The maximum Gasteiger partial charge on any atom is 0.241 e. The Bertz CT molecular complexity index is 917. The van der Waals surface area contributed by atoms with E-state index < -0.39 is 6.04 Å². The Balaban J connectivity index is 1.39. The first-order chi connectivity index (χ1) is 14.4. The van der Waals surface area contributed by atoms with Crippen LogP contribution in [0.5, 0.6) is 0 Å². The number of piperazine rings is 1. The van der Waals surface area contributed by atoms with Crippen molar-refractivity contribution in [3.8, 4) is 12.1 Å². The first kappa shape index (κ1) is 20.3. The van der Waals surface area contributed by atoms with Gasteiger partial charge in [-0.3, -0.25) is 14.5 Å². The lowest BCUT2D eigenvalue weighted by Crippen LogP contribution is -2.56. The van der Waals surface area contributed by atoms with Crippen molar-refractivity contribution >= 4 is 11.8 Å². The minimum atomic E-state index is -0.726. The molecule has 2 bridgehead atoms. The Hall–Kier alpha value is -2.94. The second kappa shape index (κ2) is 8.06. The number of hydrogen-bond acceptors (Lipinski definition) is 6. The van der Waals surface area contributed by atoms with Crippen molar-refractivity contribution in [3.05, 3.63) is 35.4 Å². The Morgan fingerprint density at radius 1 is 1.30 bits per heavy atom. The first-order valence-electron chi connectivity index (χ1n) is 10.5. The Morgan fingerprint density at radius 2 is 2.03 bits per heavy atom. The zero-order valence-electron chi connectivity index (χ0n) is 17.1. The zero-order valence-corrected chi connectivity index (χ0v) is 17.1. The van der Waals surface area contributed by atoms with Gasteiger partial charge in [0.2, 0.25) is 11.8 Å². The van der Waals surface area contributed by atoms with E-state index in [1.807, 2.05) is 28.9 Å². The van der Waals surface area contributed by atoms with Crippen molar-refractivity contribution < 1.29 is 9.59 Å². The van der Waals surface area contributed by atoms with Crippen molar-refractivity contribution in [1.29, 1.82) is 10.5 Å². The van der Waals surface area contributed by atoms with Gasteiger partial charge in [-0.05, 0) is 43.9 Å². The second-order valence-electron chi connectivity index (χ2n) is 8.44. The van der Waals surface area contributed by atoms with Crippen molar-refractivity contribution in [2.45, 2.75) is 56.4 Å². The summed E-state index contributed by atoms with van der Waals surface area (Å²) in [7, 11) is 0. The molecular weight excluding hydrogens is 380 g/mol. The smallest absolute Gasteiger partial charge is 0.241 e. The van der Waals surface area contributed by atoms with Gasteiger partial charge in [0.1, 0.15) is 6.04 Å². The number of nitrogens with two attached hydrogens (primary N) is 1.